The molecule has 1 aliphatic heterocycles. The Labute approximate surface area is 209 Å². The third kappa shape index (κ3) is 5.12. The van der Waals surface area contributed by atoms with Crippen LogP contribution in [0.3, 0.4) is 0 Å². The molecule has 8 nitrogen and oxygen atoms in total. The molecule has 0 aliphatic carbocycles. The van der Waals surface area contributed by atoms with Crippen molar-refractivity contribution in [2.75, 3.05) is 11.9 Å². The molecule has 3 heterocycles. The molecule has 13 heteroatoms. The first kappa shape index (κ1) is 26.1. The quantitative estimate of drug-likeness (QED) is 0.398. The van der Waals surface area contributed by atoms with Crippen LogP contribution in [-0.2, 0) is 13.1 Å². The minimum atomic E-state index is -4.49. The van der Waals surface area contributed by atoms with Gasteiger partial charge in [0.1, 0.15) is 17.7 Å². The Morgan fingerprint density at radius 2 is 2.00 bits per heavy atom. The molecule has 1 unspecified atom stereocenters. The van der Waals surface area contributed by atoms with Gasteiger partial charge in [0.15, 0.2) is 5.01 Å². The first-order valence-electron chi connectivity index (χ1n) is 11.4. The molecule has 1 aliphatic rings. The molecule has 1 aromatic carbocycles. The number of nitrogens with zero attached hydrogens (tertiary/aromatic N) is 4. The fraction of sp³-hybridized carbons (Fsp3) is 0.522. The molecule has 4 N–H and O–H groups in total. The topological polar surface area (TPSA) is 109 Å². The van der Waals surface area contributed by atoms with E-state index in [0.29, 0.717) is 26.6 Å². The smallest absolute Gasteiger partial charge is 0.407 e. The number of carbonyl (C=O) groups is 1. The standard InChI is InChI=1S/C23H28F4N6O2S/c1-22(2,3)19-18(24)14(7-8-32(19)21(34)35)29-13-5-4-6-15-12(13)9-16(33(15)11-23(25,26)27)20-31-30-17(10-28)36-20/h4-6,9,14,18-19,29H,7-8,10-11,28H2,1-3H3,(H,34,35)/t14-,18+,19?/m1/s1. The fourth-order valence-electron chi connectivity index (χ4n) is 4.86. The number of alkyl halides is 4. The van der Waals surface area contributed by atoms with E-state index in [4.69, 9.17) is 5.73 Å². The van der Waals surface area contributed by atoms with E-state index in [1.165, 1.54) is 0 Å². The molecular weight excluding hydrogens is 500 g/mol. The normalized spacial score (nSPS) is 21.2. The zero-order chi connectivity index (χ0) is 26.4. The number of amides is 1. The molecule has 196 valence electrons. The van der Waals surface area contributed by atoms with E-state index in [9.17, 15) is 23.1 Å². The molecule has 36 heavy (non-hydrogen) atoms. The van der Waals surface area contributed by atoms with Crippen LogP contribution < -0.4 is 11.1 Å². The highest BCUT2D eigenvalue weighted by Gasteiger charge is 2.46. The number of aromatic nitrogens is 3. The Morgan fingerprint density at radius 3 is 2.58 bits per heavy atom. The highest BCUT2D eigenvalue weighted by atomic mass is 32.1. The van der Waals surface area contributed by atoms with Crippen LogP contribution in [-0.4, -0.2) is 61.8 Å². The Balaban J connectivity index is 1.75. The van der Waals surface area contributed by atoms with Crippen molar-refractivity contribution in [3.63, 3.8) is 0 Å². The van der Waals surface area contributed by atoms with Crippen LogP contribution in [0.4, 0.5) is 28.0 Å². The SMILES string of the molecule is CC(C)(C)C1[C@@H](F)[C@H](Nc2cccc3c2cc(-c2nnc(CN)s2)n3CC(F)(F)F)CCN1C(=O)O. The van der Waals surface area contributed by atoms with E-state index in [1.54, 1.807) is 45.0 Å². The van der Waals surface area contributed by atoms with Crippen LogP contribution >= 0.6 is 11.3 Å². The number of nitrogens with one attached hydrogen (secondary N) is 1. The molecule has 3 atom stereocenters. The van der Waals surface area contributed by atoms with E-state index in [-0.39, 0.29) is 25.2 Å². The average molecular weight is 529 g/mol. The lowest BCUT2D eigenvalue weighted by Gasteiger charge is -2.47. The lowest BCUT2D eigenvalue weighted by molar-refractivity contribution is -0.139. The van der Waals surface area contributed by atoms with Crippen LogP contribution in [0.15, 0.2) is 24.3 Å². The molecule has 1 amide bonds. The second kappa shape index (κ2) is 9.51. The van der Waals surface area contributed by atoms with Gasteiger partial charge < -0.3 is 25.6 Å². The zero-order valence-corrected chi connectivity index (χ0v) is 20.8. The van der Waals surface area contributed by atoms with Crippen LogP contribution in [0.1, 0.15) is 32.2 Å². The summed E-state index contributed by atoms with van der Waals surface area (Å²) in [5, 5.41) is 22.0. The van der Waals surface area contributed by atoms with Gasteiger partial charge in [-0.1, -0.05) is 38.2 Å². The number of nitrogens with two attached hydrogens (primary N) is 1. The number of halogens is 4. The van der Waals surface area contributed by atoms with Crippen molar-refractivity contribution in [3.05, 3.63) is 29.3 Å². The molecule has 0 spiro atoms. The second-order valence-corrected chi connectivity index (χ2v) is 11.0. The predicted octanol–water partition coefficient (Wildman–Crippen LogP) is 5.10. The van der Waals surface area contributed by atoms with Gasteiger partial charge in [-0.2, -0.15) is 13.2 Å². The lowest BCUT2D eigenvalue weighted by Crippen LogP contribution is -2.61. The molecule has 4 rings (SSSR count). The van der Waals surface area contributed by atoms with Gasteiger partial charge in [-0.15, -0.1) is 10.2 Å². The summed E-state index contributed by atoms with van der Waals surface area (Å²) in [4.78, 5) is 12.9. The van der Waals surface area contributed by atoms with E-state index >= 15 is 4.39 Å². The van der Waals surface area contributed by atoms with Crippen molar-refractivity contribution < 1.29 is 27.5 Å². The number of anilines is 1. The van der Waals surface area contributed by atoms with Crippen LogP contribution in [0.25, 0.3) is 21.6 Å². The Bertz CT molecular complexity index is 1250. The maximum atomic E-state index is 15.8. The molecule has 0 saturated carbocycles. The van der Waals surface area contributed by atoms with E-state index < -0.39 is 42.5 Å². The summed E-state index contributed by atoms with van der Waals surface area (Å²) in [6, 6.07) is 4.83. The summed E-state index contributed by atoms with van der Waals surface area (Å²) in [6.07, 6.45) is -6.99. The first-order chi connectivity index (χ1) is 16.8. The van der Waals surface area contributed by atoms with Crippen LogP contribution in [0, 0.1) is 5.41 Å². The maximum Gasteiger partial charge on any atom is 0.407 e. The third-order valence-corrected chi connectivity index (χ3v) is 7.29. The number of carboxylic acid groups (broad SMARTS) is 1. The summed E-state index contributed by atoms with van der Waals surface area (Å²) in [6.45, 7) is 4.37. The number of hydrogen-bond acceptors (Lipinski definition) is 6. The number of hydrogen-bond donors (Lipinski definition) is 3. The summed E-state index contributed by atoms with van der Waals surface area (Å²) in [5.74, 6) is 0. The summed E-state index contributed by atoms with van der Waals surface area (Å²) < 4.78 is 57.4. The second-order valence-electron chi connectivity index (χ2n) is 9.95. The average Bonchev–Trinajstić information content (AvgIpc) is 3.38. The third-order valence-electron chi connectivity index (χ3n) is 6.32. The van der Waals surface area contributed by atoms with E-state index in [2.05, 4.69) is 15.5 Å². The minimum Gasteiger partial charge on any atom is -0.465 e. The minimum absolute atomic E-state index is 0.117. The summed E-state index contributed by atoms with van der Waals surface area (Å²) in [5.41, 5.74) is 5.95. The number of fused-ring (bicyclic) bond motifs is 1. The van der Waals surface area contributed by atoms with E-state index in [0.717, 1.165) is 20.8 Å². The van der Waals surface area contributed by atoms with Crippen molar-refractivity contribution in [1.29, 1.82) is 0 Å². The highest BCUT2D eigenvalue weighted by molar-refractivity contribution is 7.14. The number of piperidine rings is 1. The van der Waals surface area contributed by atoms with Crippen LogP contribution in [0.2, 0.25) is 0 Å². The largest absolute Gasteiger partial charge is 0.465 e. The van der Waals surface area contributed by atoms with Gasteiger partial charge in [0.25, 0.3) is 0 Å². The Morgan fingerprint density at radius 1 is 1.28 bits per heavy atom. The zero-order valence-electron chi connectivity index (χ0n) is 20.0. The summed E-state index contributed by atoms with van der Waals surface area (Å²) in [7, 11) is 0. The molecule has 3 aromatic rings. The van der Waals surface area contributed by atoms with Gasteiger partial charge in [-0.05, 0) is 30.0 Å². The monoisotopic (exact) mass is 528 g/mol. The van der Waals surface area contributed by atoms with Crippen molar-refractivity contribution in [2.45, 2.75) is 64.7 Å². The van der Waals surface area contributed by atoms with Gasteiger partial charge in [0.2, 0.25) is 0 Å². The molecule has 1 fully saturated rings. The molecule has 2 aromatic heterocycles. The van der Waals surface area contributed by atoms with Crippen molar-refractivity contribution in [2.24, 2.45) is 11.1 Å². The van der Waals surface area contributed by atoms with Crippen LogP contribution in [0.5, 0.6) is 0 Å². The first-order valence-corrected chi connectivity index (χ1v) is 12.2. The van der Waals surface area contributed by atoms with E-state index in [1.807, 2.05) is 0 Å². The van der Waals surface area contributed by atoms with Gasteiger partial charge >= 0.3 is 12.3 Å². The Kier molecular flexibility index (Phi) is 6.90. The lowest BCUT2D eigenvalue weighted by atomic mass is 9.78. The number of likely N-dealkylation sites (tertiary alicyclic amines) is 1. The van der Waals surface area contributed by atoms with Gasteiger partial charge in [0.05, 0.1) is 23.3 Å². The molecule has 0 radical (unpaired) electrons. The van der Waals surface area contributed by atoms with Crippen molar-refractivity contribution in [3.8, 4) is 10.7 Å². The van der Waals surface area contributed by atoms with Gasteiger partial charge in [-0.3, -0.25) is 0 Å². The molecular formula is C23H28F4N6O2S. The van der Waals surface area contributed by atoms with Crippen molar-refractivity contribution >= 4 is 34.0 Å². The number of benzene rings is 1. The molecule has 1 saturated heterocycles. The van der Waals surface area contributed by atoms with Gasteiger partial charge in [-0.25, -0.2) is 9.18 Å². The Hall–Kier alpha value is -2.93. The fourth-order valence-corrected chi connectivity index (χ4v) is 5.60. The number of rotatable bonds is 5. The van der Waals surface area contributed by atoms with Gasteiger partial charge in [0, 0.05) is 24.2 Å². The highest BCUT2D eigenvalue weighted by Crippen LogP contribution is 2.39. The van der Waals surface area contributed by atoms with Crippen molar-refractivity contribution in [1.82, 2.24) is 19.7 Å². The summed E-state index contributed by atoms with van der Waals surface area (Å²) >= 11 is 1.11. The molecule has 0 bridgehead atoms. The predicted molar refractivity (Wildman–Crippen MR) is 130 cm³/mol. The maximum absolute atomic E-state index is 15.8.